The van der Waals surface area contributed by atoms with Crippen LogP contribution in [-0.4, -0.2) is 26.3 Å². The normalized spacial score (nSPS) is 18.1. The molecule has 1 fully saturated rings. The molecule has 0 unspecified atom stereocenters. The standard InChI is InChI=1S/C10H22N2O2S/c1-10(2,9-5-6-9)12-15(13,14)8-4-3-7-11/h9,12H,3-8,11H2,1-2H3. The van der Waals surface area contributed by atoms with Crippen LogP contribution in [0.1, 0.15) is 39.5 Å². The fraction of sp³-hybridized carbons (Fsp3) is 1.00. The molecule has 0 aromatic carbocycles. The molecule has 1 aliphatic rings. The van der Waals surface area contributed by atoms with Crippen LogP contribution in [-0.2, 0) is 10.0 Å². The maximum Gasteiger partial charge on any atom is 0.212 e. The van der Waals surface area contributed by atoms with Gasteiger partial charge in [-0.1, -0.05) is 0 Å². The number of sulfonamides is 1. The van der Waals surface area contributed by atoms with Gasteiger partial charge in [0.2, 0.25) is 10.0 Å². The molecule has 0 saturated heterocycles. The minimum Gasteiger partial charge on any atom is -0.330 e. The van der Waals surface area contributed by atoms with Crippen molar-refractivity contribution >= 4 is 10.0 Å². The molecule has 90 valence electrons. The van der Waals surface area contributed by atoms with Gasteiger partial charge in [-0.3, -0.25) is 0 Å². The van der Waals surface area contributed by atoms with Crippen molar-refractivity contribution in [3.05, 3.63) is 0 Å². The second-order valence-electron chi connectivity index (χ2n) is 4.91. The van der Waals surface area contributed by atoms with Crippen molar-refractivity contribution in [1.82, 2.24) is 4.72 Å². The molecule has 3 N–H and O–H groups in total. The maximum absolute atomic E-state index is 11.7. The minimum absolute atomic E-state index is 0.195. The molecule has 1 aliphatic carbocycles. The van der Waals surface area contributed by atoms with Crippen LogP contribution in [0.4, 0.5) is 0 Å². The topological polar surface area (TPSA) is 72.2 Å². The first-order chi connectivity index (χ1) is 6.87. The van der Waals surface area contributed by atoms with Gasteiger partial charge >= 0.3 is 0 Å². The Morgan fingerprint density at radius 1 is 1.33 bits per heavy atom. The molecule has 15 heavy (non-hydrogen) atoms. The fourth-order valence-electron chi connectivity index (χ4n) is 1.78. The maximum atomic E-state index is 11.7. The second kappa shape index (κ2) is 4.80. The van der Waals surface area contributed by atoms with Gasteiger partial charge in [-0.05, 0) is 52.0 Å². The minimum atomic E-state index is -3.12. The van der Waals surface area contributed by atoms with E-state index in [1.165, 1.54) is 0 Å². The average Bonchev–Trinajstić information content (AvgIpc) is 2.83. The summed E-state index contributed by atoms with van der Waals surface area (Å²) in [4.78, 5) is 0. The molecule has 0 heterocycles. The van der Waals surface area contributed by atoms with Crippen molar-refractivity contribution < 1.29 is 8.42 Å². The quantitative estimate of drug-likeness (QED) is 0.641. The first-order valence-electron chi connectivity index (χ1n) is 5.59. The third-order valence-electron chi connectivity index (χ3n) is 2.88. The lowest BCUT2D eigenvalue weighted by atomic mass is 10.0. The Morgan fingerprint density at radius 3 is 2.40 bits per heavy atom. The Balaban J connectivity index is 2.41. The summed E-state index contributed by atoms with van der Waals surface area (Å²) >= 11 is 0. The molecule has 1 saturated carbocycles. The number of unbranched alkanes of at least 4 members (excludes halogenated alkanes) is 1. The highest BCUT2D eigenvalue weighted by Gasteiger charge is 2.40. The highest BCUT2D eigenvalue weighted by atomic mass is 32.2. The zero-order valence-electron chi connectivity index (χ0n) is 9.62. The van der Waals surface area contributed by atoms with Gasteiger partial charge in [0.15, 0.2) is 0 Å². The largest absolute Gasteiger partial charge is 0.330 e. The Morgan fingerprint density at radius 2 is 1.93 bits per heavy atom. The van der Waals surface area contributed by atoms with Crippen molar-refractivity contribution in [2.75, 3.05) is 12.3 Å². The Bertz CT molecular complexity index is 295. The van der Waals surface area contributed by atoms with Gasteiger partial charge in [0.25, 0.3) is 0 Å². The van der Waals surface area contributed by atoms with Gasteiger partial charge in [0, 0.05) is 5.54 Å². The van der Waals surface area contributed by atoms with Crippen molar-refractivity contribution in [2.45, 2.75) is 45.1 Å². The summed E-state index contributed by atoms with van der Waals surface area (Å²) in [7, 11) is -3.12. The van der Waals surface area contributed by atoms with Gasteiger partial charge in [-0.15, -0.1) is 0 Å². The average molecular weight is 234 g/mol. The van der Waals surface area contributed by atoms with Crippen LogP contribution in [0.2, 0.25) is 0 Å². The third kappa shape index (κ3) is 4.49. The third-order valence-corrected chi connectivity index (χ3v) is 4.55. The van der Waals surface area contributed by atoms with Crippen LogP contribution in [0.5, 0.6) is 0 Å². The highest BCUT2D eigenvalue weighted by Crippen LogP contribution is 2.39. The van der Waals surface area contributed by atoms with Crippen molar-refractivity contribution in [2.24, 2.45) is 11.7 Å². The zero-order valence-corrected chi connectivity index (χ0v) is 10.4. The molecule has 0 aromatic rings. The van der Waals surface area contributed by atoms with Crippen LogP contribution in [0, 0.1) is 5.92 Å². The molecule has 5 heteroatoms. The Kier molecular flexibility index (Phi) is 4.14. The summed E-state index contributed by atoms with van der Waals surface area (Å²) in [5.74, 6) is 0.710. The van der Waals surface area contributed by atoms with Gasteiger partial charge in [0.05, 0.1) is 5.75 Å². The summed E-state index contributed by atoms with van der Waals surface area (Å²) in [6.07, 6.45) is 3.69. The van der Waals surface area contributed by atoms with E-state index in [4.69, 9.17) is 5.73 Å². The summed E-state index contributed by atoms with van der Waals surface area (Å²) < 4.78 is 26.2. The predicted octanol–water partition coefficient (Wildman–Crippen LogP) is 0.833. The lowest BCUT2D eigenvalue weighted by Crippen LogP contribution is -2.46. The molecule has 4 nitrogen and oxygen atoms in total. The number of nitrogens with one attached hydrogen (secondary N) is 1. The SMILES string of the molecule is CC(C)(NS(=O)(=O)CCCCN)C1CC1. The molecule has 0 bridgehead atoms. The van der Waals surface area contributed by atoms with Crippen LogP contribution in [0.25, 0.3) is 0 Å². The lowest BCUT2D eigenvalue weighted by Gasteiger charge is -2.25. The summed E-state index contributed by atoms with van der Waals surface area (Å²) in [6.45, 7) is 4.48. The zero-order chi connectivity index (χ0) is 11.5. The molecule has 0 radical (unpaired) electrons. The molecule has 0 amide bonds. The number of hydrogen-bond donors (Lipinski definition) is 2. The number of rotatable bonds is 7. The van der Waals surface area contributed by atoms with Gasteiger partial charge in [0.1, 0.15) is 0 Å². The van der Waals surface area contributed by atoms with E-state index in [1.54, 1.807) is 0 Å². The van der Waals surface area contributed by atoms with Crippen LogP contribution >= 0.6 is 0 Å². The van der Waals surface area contributed by atoms with Gasteiger partial charge in [-0.2, -0.15) is 0 Å². The Labute approximate surface area is 92.7 Å². The van der Waals surface area contributed by atoms with E-state index < -0.39 is 10.0 Å². The van der Waals surface area contributed by atoms with Gasteiger partial charge < -0.3 is 5.73 Å². The summed E-state index contributed by atoms with van der Waals surface area (Å²) in [5, 5.41) is 0. The van der Waals surface area contributed by atoms with E-state index in [9.17, 15) is 8.42 Å². The molecular formula is C10H22N2O2S. The van der Waals surface area contributed by atoms with E-state index >= 15 is 0 Å². The number of nitrogens with two attached hydrogens (primary N) is 1. The van der Waals surface area contributed by atoms with Crippen LogP contribution in [0.15, 0.2) is 0 Å². The number of hydrogen-bond acceptors (Lipinski definition) is 3. The lowest BCUT2D eigenvalue weighted by molar-refractivity contribution is 0.400. The molecular weight excluding hydrogens is 212 g/mol. The monoisotopic (exact) mass is 234 g/mol. The van der Waals surface area contributed by atoms with E-state index in [0.717, 1.165) is 19.3 Å². The van der Waals surface area contributed by atoms with E-state index in [0.29, 0.717) is 18.9 Å². The van der Waals surface area contributed by atoms with Gasteiger partial charge in [-0.25, -0.2) is 13.1 Å². The van der Waals surface area contributed by atoms with Crippen molar-refractivity contribution in [1.29, 1.82) is 0 Å². The molecule has 1 rings (SSSR count). The predicted molar refractivity (Wildman–Crippen MR) is 62.0 cm³/mol. The Hall–Kier alpha value is -0.130. The van der Waals surface area contributed by atoms with Crippen LogP contribution in [0.3, 0.4) is 0 Å². The highest BCUT2D eigenvalue weighted by molar-refractivity contribution is 7.89. The van der Waals surface area contributed by atoms with E-state index in [1.807, 2.05) is 13.8 Å². The van der Waals surface area contributed by atoms with Crippen molar-refractivity contribution in [3.8, 4) is 0 Å². The first-order valence-corrected chi connectivity index (χ1v) is 7.24. The van der Waals surface area contributed by atoms with E-state index in [-0.39, 0.29) is 11.3 Å². The van der Waals surface area contributed by atoms with Crippen molar-refractivity contribution in [3.63, 3.8) is 0 Å². The molecule has 0 atom stereocenters. The summed E-state index contributed by atoms with van der Waals surface area (Å²) in [5.41, 5.74) is 5.05. The fourth-order valence-corrected chi connectivity index (χ4v) is 3.43. The molecule has 0 spiro atoms. The molecule has 0 aliphatic heterocycles. The van der Waals surface area contributed by atoms with E-state index in [2.05, 4.69) is 4.72 Å². The van der Waals surface area contributed by atoms with Crippen LogP contribution < -0.4 is 10.5 Å². The first kappa shape index (κ1) is 12.9. The smallest absolute Gasteiger partial charge is 0.212 e. The second-order valence-corrected chi connectivity index (χ2v) is 6.75. The molecule has 0 aromatic heterocycles. The summed E-state index contributed by atoms with van der Waals surface area (Å²) in [6, 6.07) is 0.